The molecule has 76 valence electrons. The molecule has 4 amide bonds. The van der Waals surface area contributed by atoms with Crippen molar-refractivity contribution in [2.75, 3.05) is 26.2 Å². The molecule has 1 aliphatic heterocycles. The number of urea groups is 2. The topological polar surface area (TPSA) is 122 Å². The minimum Gasteiger partial charge on any atom is -0.351 e. The van der Waals surface area contributed by atoms with Crippen LogP contribution in [-0.2, 0) is 0 Å². The van der Waals surface area contributed by atoms with Crippen LogP contribution in [0.15, 0.2) is 0 Å². The van der Waals surface area contributed by atoms with Crippen LogP contribution in [-0.4, -0.2) is 38.2 Å². The van der Waals surface area contributed by atoms with Crippen molar-refractivity contribution in [1.82, 2.24) is 16.0 Å². The Kier molecular flexibility index (Phi) is 6.56. The zero-order valence-corrected chi connectivity index (χ0v) is 7.30. The number of rotatable bonds is 0. The van der Waals surface area contributed by atoms with Crippen LogP contribution in [0, 0.1) is 0 Å². The standard InChI is InChI=1S/C4H10N2.C2H5N3O2/c1-2-6-4-3-5-1;3-1(6)5-2(4)7/h5-6H,1-4H2;(H5,3,4,5,6,7). The van der Waals surface area contributed by atoms with Crippen LogP contribution in [0.1, 0.15) is 0 Å². The van der Waals surface area contributed by atoms with Crippen molar-refractivity contribution in [3.8, 4) is 0 Å². The molecule has 0 bridgehead atoms. The van der Waals surface area contributed by atoms with Crippen LogP contribution < -0.4 is 27.4 Å². The van der Waals surface area contributed by atoms with Gasteiger partial charge in [-0.05, 0) is 0 Å². The average molecular weight is 189 g/mol. The number of hydrogen-bond donors (Lipinski definition) is 5. The third kappa shape index (κ3) is 10.7. The Bertz CT molecular complexity index is 145. The second-order valence-corrected chi connectivity index (χ2v) is 2.35. The molecular formula is C6H15N5O2. The summed E-state index contributed by atoms with van der Waals surface area (Å²) < 4.78 is 0. The van der Waals surface area contributed by atoms with Gasteiger partial charge >= 0.3 is 12.1 Å². The Morgan fingerprint density at radius 3 is 1.31 bits per heavy atom. The van der Waals surface area contributed by atoms with Gasteiger partial charge in [0.25, 0.3) is 0 Å². The van der Waals surface area contributed by atoms with Crippen LogP contribution >= 0.6 is 0 Å². The normalized spacial score (nSPS) is 15.1. The van der Waals surface area contributed by atoms with Crippen molar-refractivity contribution < 1.29 is 9.59 Å². The molecular weight excluding hydrogens is 174 g/mol. The van der Waals surface area contributed by atoms with Gasteiger partial charge in [-0.2, -0.15) is 0 Å². The number of nitrogens with one attached hydrogen (secondary N) is 3. The minimum atomic E-state index is -0.938. The van der Waals surface area contributed by atoms with Crippen LogP contribution in [0.25, 0.3) is 0 Å². The van der Waals surface area contributed by atoms with Crippen molar-refractivity contribution in [3.63, 3.8) is 0 Å². The fourth-order valence-electron chi connectivity index (χ4n) is 0.725. The van der Waals surface area contributed by atoms with E-state index in [-0.39, 0.29) is 0 Å². The quantitative estimate of drug-likeness (QED) is 0.300. The van der Waals surface area contributed by atoms with Crippen LogP contribution in [0.3, 0.4) is 0 Å². The Hall–Kier alpha value is -1.34. The number of primary amides is 2. The number of piperazine rings is 1. The number of carbonyl (C=O) groups is 2. The summed E-state index contributed by atoms with van der Waals surface area (Å²) in [4.78, 5) is 19.2. The lowest BCUT2D eigenvalue weighted by molar-refractivity contribution is 0.236. The maximum absolute atomic E-state index is 9.62. The van der Waals surface area contributed by atoms with Gasteiger partial charge in [-0.3, -0.25) is 5.32 Å². The second kappa shape index (κ2) is 7.32. The zero-order chi connectivity index (χ0) is 10.1. The van der Waals surface area contributed by atoms with Gasteiger partial charge in [-0.1, -0.05) is 0 Å². The predicted octanol–water partition coefficient (Wildman–Crippen LogP) is -2.09. The first-order chi connectivity index (χ1) is 6.13. The molecule has 1 heterocycles. The minimum absolute atomic E-state index is 0.937. The highest BCUT2D eigenvalue weighted by Crippen LogP contribution is 1.65. The molecule has 0 saturated carbocycles. The van der Waals surface area contributed by atoms with E-state index in [0.717, 1.165) is 26.2 Å². The molecule has 0 aliphatic carbocycles. The molecule has 1 saturated heterocycles. The molecule has 0 spiro atoms. The fraction of sp³-hybridized carbons (Fsp3) is 0.667. The van der Waals surface area contributed by atoms with Gasteiger partial charge < -0.3 is 22.1 Å². The molecule has 0 aromatic rings. The molecule has 1 aliphatic rings. The second-order valence-electron chi connectivity index (χ2n) is 2.35. The van der Waals surface area contributed by atoms with Gasteiger partial charge in [0, 0.05) is 26.2 Å². The van der Waals surface area contributed by atoms with E-state index in [2.05, 4.69) is 22.1 Å². The van der Waals surface area contributed by atoms with Crippen molar-refractivity contribution in [2.45, 2.75) is 0 Å². The van der Waals surface area contributed by atoms with Gasteiger partial charge in [-0.15, -0.1) is 0 Å². The van der Waals surface area contributed by atoms with Gasteiger partial charge in [0.05, 0.1) is 0 Å². The number of hydrogen-bond acceptors (Lipinski definition) is 4. The van der Waals surface area contributed by atoms with Crippen LogP contribution in [0.2, 0.25) is 0 Å². The molecule has 7 heteroatoms. The van der Waals surface area contributed by atoms with E-state index in [1.54, 1.807) is 5.32 Å². The van der Waals surface area contributed by atoms with E-state index in [0.29, 0.717) is 0 Å². The lowest BCUT2D eigenvalue weighted by atomic mass is 10.4. The highest BCUT2D eigenvalue weighted by Gasteiger charge is 1.92. The van der Waals surface area contributed by atoms with E-state index in [9.17, 15) is 9.59 Å². The van der Waals surface area contributed by atoms with E-state index < -0.39 is 12.1 Å². The molecule has 0 aromatic heterocycles. The Labute approximate surface area is 76.2 Å². The first-order valence-electron chi connectivity index (χ1n) is 3.90. The predicted molar refractivity (Wildman–Crippen MR) is 48.0 cm³/mol. The molecule has 0 atom stereocenters. The molecule has 13 heavy (non-hydrogen) atoms. The van der Waals surface area contributed by atoms with Crippen LogP contribution in [0.5, 0.6) is 0 Å². The summed E-state index contributed by atoms with van der Waals surface area (Å²) in [7, 11) is 0. The van der Waals surface area contributed by atoms with Crippen LogP contribution in [0.4, 0.5) is 9.59 Å². The monoisotopic (exact) mass is 189 g/mol. The van der Waals surface area contributed by atoms with E-state index in [1.807, 2.05) is 0 Å². The SMILES string of the molecule is C1CNCCN1.NC(=O)NC(N)=O. The molecule has 7 nitrogen and oxygen atoms in total. The number of nitrogens with two attached hydrogens (primary N) is 2. The largest absolute Gasteiger partial charge is 0.351 e. The average Bonchev–Trinajstić information content (AvgIpc) is 2.06. The molecule has 1 rings (SSSR count). The van der Waals surface area contributed by atoms with Crippen molar-refractivity contribution in [2.24, 2.45) is 11.5 Å². The van der Waals surface area contributed by atoms with Gasteiger partial charge in [0.15, 0.2) is 0 Å². The molecule has 0 radical (unpaired) electrons. The van der Waals surface area contributed by atoms with Crippen molar-refractivity contribution in [1.29, 1.82) is 0 Å². The van der Waals surface area contributed by atoms with Crippen molar-refractivity contribution in [3.05, 3.63) is 0 Å². The smallest absolute Gasteiger partial charge is 0.320 e. The highest BCUT2D eigenvalue weighted by atomic mass is 16.2. The fourth-order valence-corrected chi connectivity index (χ4v) is 0.725. The van der Waals surface area contributed by atoms with E-state index in [4.69, 9.17) is 0 Å². The number of amides is 4. The zero-order valence-electron chi connectivity index (χ0n) is 7.30. The summed E-state index contributed by atoms with van der Waals surface area (Å²) in [5.41, 5.74) is 8.88. The Balaban J connectivity index is 0.000000223. The summed E-state index contributed by atoms with van der Waals surface area (Å²) in [5.74, 6) is 0. The molecule has 0 unspecified atom stereocenters. The van der Waals surface area contributed by atoms with E-state index in [1.165, 1.54) is 0 Å². The summed E-state index contributed by atoms with van der Waals surface area (Å²) in [5, 5.41) is 8.03. The van der Waals surface area contributed by atoms with Gasteiger partial charge in [0.1, 0.15) is 0 Å². The third-order valence-electron chi connectivity index (χ3n) is 1.20. The summed E-state index contributed by atoms with van der Waals surface area (Å²) in [6.45, 7) is 4.56. The lowest BCUT2D eigenvalue weighted by Crippen LogP contribution is -2.39. The number of carbonyl (C=O) groups excluding carboxylic acids is 2. The molecule has 1 fully saturated rings. The van der Waals surface area contributed by atoms with Gasteiger partial charge in [-0.25, -0.2) is 9.59 Å². The first kappa shape index (κ1) is 11.7. The summed E-state index contributed by atoms with van der Waals surface area (Å²) >= 11 is 0. The maximum atomic E-state index is 9.62. The maximum Gasteiger partial charge on any atom is 0.320 e. The Morgan fingerprint density at radius 1 is 0.923 bits per heavy atom. The summed E-state index contributed by atoms with van der Waals surface area (Å²) in [6, 6.07) is -1.88. The van der Waals surface area contributed by atoms with Gasteiger partial charge in [0.2, 0.25) is 0 Å². The number of imide groups is 1. The molecule has 7 N–H and O–H groups in total. The summed E-state index contributed by atoms with van der Waals surface area (Å²) in [6.07, 6.45) is 0. The van der Waals surface area contributed by atoms with Crippen molar-refractivity contribution >= 4 is 12.1 Å². The lowest BCUT2D eigenvalue weighted by Gasteiger charge is -2.11. The third-order valence-corrected chi connectivity index (χ3v) is 1.20. The highest BCUT2D eigenvalue weighted by molar-refractivity contribution is 5.91. The Morgan fingerprint density at radius 2 is 1.23 bits per heavy atom. The first-order valence-corrected chi connectivity index (χ1v) is 3.90. The molecule has 0 aromatic carbocycles. The van der Waals surface area contributed by atoms with E-state index >= 15 is 0 Å².